The number of nitrogens with one attached hydrogen (secondary N) is 1. The van der Waals surface area contributed by atoms with Crippen LogP contribution >= 0.6 is 15.9 Å². The van der Waals surface area contributed by atoms with Gasteiger partial charge in [0.1, 0.15) is 0 Å². The molecule has 0 atom stereocenters. The van der Waals surface area contributed by atoms with Crippen LogP contribution in [0.2, 0.25) is 0 Å². The summed E-state index contributed by atoms with van der Waals surface area (Å²) in [6.07, 6.45) is 0.695. The van der Waals surface area contributed by atoms with Gasteiger partial charge in [0.05, 0.1) is 0 Å². The second-order valence-electron chi connectivity index (χ2n) is 4.70. The summed E-state index contributed by atoms with van der Waals surface area (Å²) in [5.74, 6) is 0. The molecule has 0 saturated carbocycles. The lowest BCUT2D eigenvalue weighted by molar-refractivity contribution is -0.137. The van der Waals surface area contributed by atoms with Crippen LogP contribution in [0.5, 0.6) is 0 Å². The maximum absolute atomic E-state index is 5.56. The highest BCUT2D eigenvalue weighted by Gasteiger charge is 2.08. The Bertz CT molecular complexity index is 568. The van der Waals surface area contributed by atoms with Crippen molar-refractivity contribution in [2.75, 3.05) is 25.1 Å². The van der Waals surface area contributed by atoms with Crippen molar-refractivity contribution in [2.45, 2.75) is 26.6 Å². The molecule has 3 nitrogen and oxygen atoms in total. The second-order valence-corrected chi connectivity index (χ2v) is 5.55. The van der Waals surface area contributed by atoms with Crippen molar-refractivity contribution in [2.24, 2.45) is 0 Å². The number of hydrogen-bond acceptors (Lipinski definition) is 3. The quantitative estimate of drug-likeness (QED) is 0.692. The van der Waals surface area contributed by atoms with Crippen molar-refractivity contribution in [3.63, 3.8) is 0 Å². The summed E-state index contributed by atoms with van der Waals surface area (Å²) in [6, 6.07) is 12.5. The lowest BCUT2D eigenvalue weighted by Crippen LogP contribution is -2.21. The molecule has 114 valence electrons. The molecule has 21 heavy (non-hydrogen) atoms. The van der Waals surface area contributed by atoms with E-state index in [2.05, 4.69) is 57.6 Å². The van der Waals surface area contributed by atoms with E-state index >= 15 is 0 Å². The van der Waals surface area contributed by atoms with Crippen LogP contribution in [0.3, 0.4) is 0 Å². The monoisotopic (exact) mass is 351 g/mol. The minimum absolute atomic E-state index is 0.130. The van der Waals surface area contributed by atoms with Crippen LogP contribution in [0, 0.1) is 0 Å². The van der Waals surface area contributed by atoms with Crippen molar-refractivity contribution in [3.8, 4) is 0 Å². The Morgan fingerprint density at radius 1 is 1.00 bits per heavy atom. The highest BCUT2D eigenvalue weighted by Crippen LogP contribution is 2.29. The summed E-state index contributed by atoms with van der Waals surface area (Å²) in [5, 5.41) is 5.92. The topological polar surface area (TPSA) is 30.5 Å². The molecule has 0 amide bonds. The molecule has 0 heterocycles. The molecule has 0 saturated heterocycles. The largest absolute Gasteiger partial charge is 0.384 e. The summed E-state index contributed by atoms with van der Waals surface area (Å²) in [6.45, 7) is 6.14. The number of ether oxygens (including phenoxy) is 2. The first-order valence-electron chi connectivity index (χ1n) is 7.40. The molecule has 0 aliphatic carbocycles. The molecular formula is C17H22BrNO2. The van der Waals surface area contributed by atoms with E-state index in [1.807, 2.05) is 13.8 Å². The average molecular weight is 352 g/mol. The molecule has 0 fully saturated rings. The van der Waals surface area contributed by atoms with Gasteiger partial charge in [0.25, 0.3) is 0 Å². The van der Waals surface area contributed by atoms with Crippen molar-refractivity contribution < 1.29 is 9.47 Å². The van der Waals surface area contributed by atoms with Gasteiger partial charge in [-0.05, 0) is 31.4 Å². The van der Waals surface area contributed by atoms with Crippen LogP contribution in [0.25, 0.3) is 10.8 Å². The van der Waals surface area contributed by atoms with E-state index in [0.29, 0.717) is 13.2 Å². The Morgan fingerprint density at radius 3 is 2.33 bits per heavy atom. The van der Waals surface area contributed by atoms with E-state index in [1.165, 1.54) is 10.8 Å². The predicted molar refractivity (Wildman–Crippen MR) is 91.8 cm³/mol. The molecule has 4 heteroatoms. The lowest BCUT2D eigenvalue weighted by Gasteiger charge is -2.18. The third kappa shape index (κ3) is 4.43. The summed E-state index contributed by atoms with van der Waals surface area (Å²) < 4.78 is 12.2. The first-order chi connectivity index (χ1) is 10.3. The first kappa shape index (κ1) is 16.3. The smallest absolute Gasteiger partial charge is 0.159 e. The Balaban J connectivity index is 2.02. The van der Waals surface area contributed by atoms with Crippen molar-refractivity contribution >= 4 is 32.4 Å². The van der Waals surface area contributed by atoms with E-state index in [4.69, 9.17) is 9.47 Å². The van der Waals surface area contributed by atoms with Gasteiger partial charge in [-0.1, -0.05) is 40.2 Å². The van der Waals surface area contributed by atoms with Gasteiger partial charge >= 0.3 is 0 Å². The fraction of sp³-hybridized carbons (Fsp3) is 0.412. The zero-order valence-electron chi connectivity index (χ0n) is 12.6. The Kier molecular flexibility index (Phi) is 6.49. The van der Waals surface area contributed by atoms with Gasteiger partial charge < -0.3 is 14.8 Å². The summed E-state index contributed by atoms with van der Waals surface area (Å²) in [4.78, 5) is 0. The van der Waals surface area contributed by atoms with Gasteiger partial charge in [0.15, 0.2) is 6.29 Å². The minimum atomic E-state index is -0.130. The number of halogens is 1. The Hall–Kier alpha value is -1.10. The van der Waals surface area contributed by atoms with Gasteiger partial charge in [-0.25, -0.2) is 0 Å². The third-order valence-corrected chi connectivity index (χ3v) is 3.96. The summed E-state index contributed by atoms with van der Waals surface area (Å²) >= 11 is 3.60. The number of rotatable bonds is 8. The number of hydrogen-bond donors (Lipinski definition) is 1. The number of fused-ring (bicyclic) bond motifs is 1. The van der Waals surface area contributed by atoms with Crippen LogP contribution in [0.15, 0.2) is 40.9 Å². The SMILES string of the molecule is CCOC(CCNc1ccc(Br)c2ccccc12)OCC. The third-order valence-electron chi connectivity index (χ3n) is 3.27. The highest BCUT2D eigenvalue weighted by atomic mass is 79.9. The molecule has 0 spiro atoms. The average Bonchev–Trinajstić information content (AvgIpc) is 2.50. The van der Waals surface area contributed by atoms with E-state index in [1.54, 1.807) is 0 Å². The molecule has 0 aromatic heterocycles. The molecule has 2 rings (SSSR count). The van der Waals surface area contributed by atoms with Crippen LogP contribution in [0.4, 0.5) is 5.69 Å². The van der Waals surface area contributed by atoms with Gasteiger partial charge in [0, 0.05) is 41.7 Å². The molecule has 0 aliphatic heterocycles. The van der Waals surface area contributed by atoms with Crippen LogP contribution in [0.1, 0.15) is 20.3 Å². The highest BCUT2D eigenvalue weighted by molar-refractivity contribution is 9.10. The normalized spacial score (nSPS) is 11.2. The lowest BCUT2D eigenvalue weighted by atomic mass is 10.1. The molecule has 2 aromatic rings. The van der Waals surface area contributed by atoms with Crippen molar-refractivity contribution in [1.82, 2.24) is 0 Å². The maximum atomic E-state index is 5.56. The standard InChI is InChI=1S/C17H22BrNO2/c1-3-20-17(21-4-2)11-12-19-16-10-9-15(18)13-7-5-6-8-14(13)16/h5-10,17,19H,3-4,11-12H2,1-2H3. The molecule has 2 aromatic carbocycles. The van der Waals surface area contributed by atoms with Gasteiger partial charge in [0.2, 0.25) is 0 Å². The van der Waals surface area contributed by atoms with Crippen LogP contribution in [-0.2, 0) is 9.47 Å². The van der Waals surface area contributed by atoms with Crippen molar-refractivity contribution in [1.29, 1.82) is 0 Å². The Morgan fingerprint density at radius 2 is 1.67 bits per heavy atom. The van der Waals surface area contributed by atoms with E-state index in [-0.39, 0.29) is 6.29 Å². The van der Waals surface area contributed by atoms with Gasteiger partial charge in [-0.15, -0.1) is 0 Å². The van der Waals surface area contributed by atoms with Crippen LogP contribution < -0.4 is 5.32 Å². The molecule has 1 N–H and O–H groups in total. The number of anilines is 1. The van der Waals surface area contributed by atoms with Gasteiger partial charge in [-0.3, -0.25) is 0 Å². The summed E-state index contributed by atoms with van der Waals surface area (Å²) in [5.41, 5.74) is 1.14. The van der Waals surface area contributed by atoms with Crippen molar-refractivity contribution in [3.05, 3.63) is 40.9 Å². The molecule has 0 radical (unpaired) electrons. The minimum Gasteiger partial charge on any atom is -0.384 e. The fourth-order valence-electron chi connectivity index (χ4n) is 2.33. The molecule has 0 unspecified atom stereocenters. The van der Waals surface area contributed by atoms with Crippen LogP contribution in [-0.4, -0.2) is 26.0 Å². The van der Waals surface area contributed by atoms with E-state index in [0.717, 1.165) is 23.1 Å². The fourth-order valence-corrected chi connectivity index (χ4v) is 2.81. The number of benzene rings is 2. The van der Waals surface area contributed by atoms with E-state index in [9.17, 15) is 0 Å². The molecule has 0 aliphatic rings. The molecular weight excluding hydrogens is 330 g/mol. The summed E-state index contributed by atoms with van der Waals surface area (Å²) in [7, 11) is 0. The zero-order valence-corrected chi connectivity index (χ0v) is 14.2. The Labute approximate surface area is 134 Å². The van der Waals surface area contributed by atoms with Gasteiger partial charge in [-0.2, -0.15) is 0 Å². The maximum Gasteiger partial charge on any atom is 0.159 e. The first-order valence-corrected chi connectivity index (χ1v) is 8.19. The zero-order chi connectivity index (χ0) is 15.1. The molecule has 0 bridgehead atoms. The second kappa shape index (κ2) is 8.37. The predicted octanol–water partition coefficient (Wildman–Crippen LogP) is 4.80. The van der Waals surface area contributed by atoms with E-state index < -0.39 is 0 Å².